The van der Waals surface area contributed by atoms with Gasteiger partial charge in [-0.25, -0.2) is 0 Å². The highest BCUT2D eigenvalue weighted by atomic mass is 16.5. The molecule has 3 saturated heterocycles. The number of fused-ring (bicyclic) bond motifs is 4. The fourth-order valence-electron chi connectivity index (χ4n) is 6.29. The van der Waals surface area contributed by atoms with Crippen molar-refractivity contribution in [1.29, 1.82) is 0 Å². The molecule has 5 atom stereocenters. The maximum Gasteiger partial charge on any atom is 0.253 e. The van der Waals surface area contributed by atoms with Gasteiger partial charge in [-0.3, -0.25) is 19.5 Å². The Kier molecular flexibility index (Phi) is 6.45. The number of methoxy groups -OCH3 is 1. The van der Waals surface area contributed by atoms with Gasteiger partial charge >= 0.3 is 0 Å². The van der Waals surface area contributed by atoms with Crippen LogP contribution in [0, 0.1) is 11.8 Å². The number of hydrogen-bond acceptors (Lipinski definition) is 7. The molecule has 0 saturated carbocycles. The van der Waals surface area contributed by atoms with Crippen LogP contribution in [0.3, 0.4) is 0 Å². The lowest BCUT2D eigenvalue weighted by molar-refractivity contribution is 0.0105. The molecular weight excluding hydrogens is 476 g/mol. The van der Waals surface area contributed by atoms with Gasteiger partial charge in [-0.15, -0.1) is 6.58 Å². The van der Waals surface area contributed by atoms with E-state index >= 15 is 0 Å². The molecule has 1 aromatic heterocycles. The van der Waals surface area contributed by atoms with Crippen LogP contribution in [0.5, 0.6) is 5.75 Å². The van der Waals surface area contributed by atoms with Crippen molar-refractivity contribution in [3.63, 3.8) is 0 Å². The van der Waals surface area contributed by atoms with E-state index in [0.29, 0.717) is 29.8 Å². The Labute approximate surface area is 221 Å². The number of anilines is 2. The summed E-state index contributed by atoms with van der Waals surface area (Å²) in [6.45, 7) is 6.51. The van der Waals surface area contributed by atoms with E-state index in [2.05, 4.69) is 33.2 Å². The molecule has 0 radical (unpaired) electrons. The van der Waals surface area contributed by atoms with Crippen LogP contribution in [0.25, 0.3) is 10.9 Å². The smallest absolute Gasteiger partial charge is 0.253 e. The maximum atomic E-state index is 12.9. The molecule has 2 N–H and O–H groups in total. The lowest BCUT2D eigenvalue weighted by Crippen LogP contribution is -2.56. The third kappa shape index (κ3) is 4.27. The van der Waals surface area contributed by atoms with E-state index in [1.807, 2.05) is 60.8 Å². The van der Waals surface area contributed by atoms with Crippen LogP contribution in [-0.4, -0.2) is 36.1 Å². The Hall–Kier alpha value is -3.97. The van der Waals surface area contributed by atoms with Gasteiger partial charge in [0.15, 0.2) is 0 Å². The third-order valence-corrected chi connectivity index (χ3v) is 8.38. The van der Waals surface area contributed by atoms with Gasteiger partial charge in [-0.2, -0.15) is 0 Å². The van der Waals surface area contributed by atoms with E-state index in [1.165, 1.54) is 0 Å². The summed E-state index contributed by atoms with van der Waals surface area (Å²) in [6.07, 6.45) is 6.04. The van der Waals surface area contributed by atoms with E-state index in [-0.39, 0.29) is 12.1 Å². The van der Waals surface area contributed by atoms with Crippen molar-refractivity contribution in [2.45, 2.75) is 31.5 Å². The van der Waals surface area contributed by atoms with E-state index in [4.69, 9.17) is 4.74 Å². The molecule has 2 bridgehead atoms. The van der Waals surface area contributed by atoms with E-state index in [1.54, 1.807) is 7.11 Å². The lowest BCUT2D eigenvalue weighted by atomic mass is 9.73. The average molecular weight is 509 g/mol. The number of rotatable bonds is 9. The third-order valence-electron chi connectivity index (χ3n) is 8.38. The first-order chi connectivity index (χ1) is 18.6. The minimum absolute atomic E-state index is 0.160. The number of ether oxygens (including phenoxy) is 1. The van der Waals surface area contributed by atoms with Crippen LogP contribution >= 0.6 is 0 Å². The van der Waals surface area contributed by atoms with Crippen molar-refractivity contribution in [3.05, 3.63) is 105 Å². The minimum Gasteiger partial charge on any atom is -0.497 e. The van der Waals surface area contributed by atoms with Gasteiger partial charge in [0.1, 0.15) is 17.1 Å². The van der Waals surface area contributed by atoms with Gasteiger partial charge in [-0.1, -0.05) is 36.4 Å². The predicted molar refractivity (Wildman–Crippen MR) is 152 cm³/mol. The standard InChI is InChI=1S/C31H32N4O3/c1-3-20-18-35-14-12-21(20)15-26(35)27(23-11-13-32-25-10-9-22(38-2)16-24(23)25)34-29-28(30(36)31(29)37)33-17-19-7-5-4-6-8-19/h3-11,13,16,20-21,26-27,33-34H,1,12,14-15,17-18H2,2H3/t20-,21?,26?,27+/m0/s1. The zero-order valence-electron chi connectivity index (χ0n) is 21.5. The topological polar surface area (TPSA) is 83.6 Å². The fourth-order valence-corrected chi connectivity index (χ4v) is 6.29. The number of piperidine rings is 3. The summed E-state index contributed by atoms with van der Waals surface area (Å²) in [7, 11) is 1.66. The number of nitrogens with one attached hydrogen (secondary N) is 2. The maximum absolute atomic E-state index is 12.9. The highest BCUT2D eigenvalue weighted by Gasteiger charge is 2.43. The summed E-state index contributed by atoms with van der Waals surface area (Å²) >= 11 is 0. The quantitative estimate of drug-likeness (QED) is 0.254. The molecule has 3 fully saturated rings. The number of nitrogens with zero attached hydrogens (tertiary/aromatic N) is 2. The lowest BCUT2D eigenvalue weighted by Gasteiger charge is -2.52. The van der Waals surface area contributed by atoms with Crippen molar-refractivity contribution < 1.29 is 4.74 Å². The highest BCUT2D eigenvalue weighted by molar-refractivity contribution is 5.85. The van der Waals surface area contributed by atoms with Crippen molar-refractivity contribution in [3.8, 4) is 5.75 Å². The molecule has 3 unspecified atom stereocenters. The first-order valence-electron chi connectivity index (χ1n) is 13.2. The van der Waals surface area contributed by atoms with Crippen molar-refractivity contribution in [2.24, 2.45) is 11.8 Å². The first kappa shape index (κ1) is 24.4. The summed E-state index contributed by atoms with van der Waals surface area (Å²) in [5, 5.41) is 7.76. The molecule has 3 aliphatic rings. The van der Waals surface area contributed by atoms with E-state index in [9.17, 15) is 9.59 Å². The molecular formula is C31H32N4O3. The van der Waals surface area contributed by atoms with Crippen LogP contribution in [0.15, 0.2) is 83.0 Å². The van der Waals surface area contributed by atoms with Crippen LogP contribution in [0.1, 0.15) is 30.0 Å². The second kappa shape index (κ2) is 10.1. The fraction of sp³-hybridized carbons (Fsp3) is 0.323. The molecule has 7 rings (SSSR count). The largest absolute Gasteiger partial charge is 0.497 e. The molecule has 194 valence electrons. The second-order valence-corrected chi connectivity index (χ2v) is 10.4. The number of aromatic nitrogens is 1. The van der Waals surface area contributed by atoms with Gasteiger partial charge < -0.3 is 15.4 Å². The van der Waals surface area contributed by atoms with Gasteiger partial charge in [0.05, 0.1) is 18.7 Å². The Morgan fingerprint density at radius 1 is 1.13 bits per heavy atom. The van der Waals surface area contributed by atoms with Crippen molar-refractivity contribution in [2.75, 3.05) is 30.8 Å². The zero-order chi connectivity index (χ0) is 26.2. The molecule has 4 heterocycles. The number of pyridine rings is 1. The monoisotopic (exact) mass is 508 g/mol. The highest BCUT2D eigenvalue weighted by Crippen LogP contribution is 2.43. The average Bonchev–Trinajstić information content (AvgIpc) is 2.98. The minimum atomic E-state index is -0.472. The first-order valence-corrected chi connectivity index (χ1v) is 13.2. The molecule has 0 spiro atoms. The summed E-state index contributed by atoms with van der Waals surface area (Å²) in [6, 6.07) is 17.7. The number of benzene rings is 2. The number of hydrogen-bond donors (Lipinski definition) is 2. The molecule has 0 aliphatic carbocycles. The molecule has 0 amide bonds. The molecule has 7 nitrogen and oxygen atoms in total. The SMILES string of the molecule is C=C[C@H]1CN2CCC1CC2[C@H](Nc1c(NCc2ccccc2)c(=O)c1=O)c1ccnc2ccc(OC)cc12. The summed E-state index contributed by atoms with van der Waals surface area (Å²) in [5.74, 6) is 1.78. The van der Waals surface area contributed by atoms with Gasteiger partial charge in [0.2, 0.25) is 0 Å². The molecule has 3 aromatic carbocycles. The molecule has 7 heteroatoms. The Bertz CT molecular complexity index is 1540. The van der Waals surface area contributed by atoms with E-state index < -0.39 is 10.9 Å². The normalized spacial score (nSPS) is 23.3. The second-order valence-electron chi connectivity index (χ2n) is 10.4. The zero-order valence-corrected chi connectivity index (χ0v) is 21.5. The molecule has 38 heavy (non-hydrogen) atoms. The summed E-state index contributed by atoms with van der Waals surface area (Å²) in [5.41, 5.74) is 2.74. The Balaban J connectivity index is 1.39. The Morgan fingerprint density at radius 2 is 1.95 bits per heavy atom. The van der Waals surface area contributed by atoms with Crippen molar-refractivity contribution >= 4 is 22.3 Å². The van der Waals surface area contributed by atoms with Gasteiger partial charge in [0, 0.05) is 30.7 Å². The molecule has 3 aliphatic heterocycles. The summed E-state index contributed by atoms with van der Waals surface area (Å²) in [4.78, 5) is 32.6. The summed E-state index contributed by atoms with van der Waals surface area (Å²) < 4.78 is 5.53. The van der Waals surface area contributed by atoms with Crippen LogP contribution < -0.4 is 26.2 Å². The van der Waals surface area contributed by atoms with E-state index in [0.717, 1.165) is 53.7 Å². The predicted octanol–water partition coefficient (Wildman–Crippen LogP) is 4.50. The van der Waals surface area contributed by atoms with Crippen LogP contribution in [0.4, 0.5) is 11.4 Å². The van der Waals surface area contributed by atoms with Gasteiger partial charge in [0.25, 0.3) is 10.9 Å². The molecule has 4 aromatic rings. The van der Waals surface area contributed by atoms with Crippen LogP contribution in [0.2, 0.25) is 0 Å². The Morgan fingerprint density at radius 3 is 2.68 bits per heavy atom. The van der Waals surface area contributed by atoms with Crippen molar-refractivity contribution in [1.82, 2.24) is 9.88 Å². The van der Waals surface area contributed by atoms with Crippen LogP contribution in [-0.2, 0) is 6.54 Å². The van der Waals surface area contributed by atoms with Gasteiger partial charge in [-0.05, 0) is 66.6 Å².